The lowest BCUT2D eigenvalue weighted by molar-refractivity contribution is -0.119. The van der Waals surface area contributed by atoms with Crippen LogP contribution < -0.4 is 5.73 Å². The standard InChI is InChI=1S/C16H30N2O/c1-15(2)12-19-9-8-18(15)16(11-17)7-3-4-14(10-16)13-5-6-13/h13-14H,3-12,17H2,1-2H3. The first-order chi connectivity index (χ1) is 9.07. The first-order valence-corrected chi connectivity index (χ1v) is 8.13. The number of morpholine rings is 1. The summed E-state index contributed by atoms with van der Waals surface area (Å²) in [6.07, 6.45) is 8.37. The van der Waals surface area contributed by atoms with Gasteiger partial charge in [-0.3, -0.25) is 4.90 Å². The van der Waals surface area contributed by atoms with Crippen LogP contribution in [0, 0.1) is 11.8 Å². The van der Waals surface area contributed by atoms with Gasteiger partial charge in [-0.2, -0.15) is 0 Å². The molecule has 3 heteroatoms. The van der Waals surface area contributed by atoms with E-state index in [9.17, 15) is 0 Å². The third kappa shape index (κ3) is 2.57. The predicted molar refractivity (Wildman–Crippen MR) is 78.1 cm³/mol. The van der Waals surface area contributed by atoms with Crippen LogP contribution in [-0.2, 0) is 4.74 Å². The molecule has 3 fully saturated rings. The van der Waals surface area contributed by atoms with Crippen LogP contribution in [0.3, 0.4) is 0 Å². The third-order valence-corrected chi connectivity index (χ3v) is 5.75. The zero-order chi connectivity index (χ0) is 13.5. The Bertz CT molecular complexity index is 327. The minimum Gasteiger partial charge on any atom is -0.378 e. The molecule has 2 unspecified atom stereocenters. The highest BCUT2D eigenvalue weighted by molar-refractivity contribution is 5.04. The average Bonchev–Trinajstić information content (AvgIpc) is 3.22. The number of hydrogen-bond acceptors (Lipinski definition) is 3. The number of hydrogen-bond donors (Lipinski definition) is 1. The first kappa shape index (κ1) is 13.8. The van der Waals surface area contributed by atoms with Crippen LogP contribution in [0.25, 0.3) is 0 Å². The lowest BCUT2D eigenvalue weighted by Crippen LogP contribution is -2.67. The molecular formula is C16H30N2O. The summed E-state index contributed by atoms with van der Waals surface area (Å²) in [6.45, 7) is 8.25. The summed E-state index contributed by atoms with van der Waals surface area (Å²) < 4.78 is 5.70. The van der Waals surface area contributed by atoms with Gasteiger partial charge in [-0.05, 0) is 51.4 Å². The maximum absolute atomic E-state index is 6.29. The fourth-order valence-corrected chi connectivity index (χ4v) is 4.63. The van der Waals surface area contributed by atoms with Crippen LogP contribution in [0.1, 0.15) is 52.4 Å². The van der Waals surface area contributed by atoms with Crippen molar-refractivity contribution in [3.63, 3.8) is 0 Å². The molecule has 3 aliphatic rings. The van der Waals surface area contributed by atoms with Gasteiger partial charge in [-0.15, -0.1) is 0 Å². The van der Waals surface area contributed by atoms with Gasteiger partial charge in [-0.25, -0.2) is 0 Å². The van der Waals surface area contributed by atoms with E-state index in [4.69, 9.17) is 10.5 Å². The lowest BCUT2D eigenvalue weighted by atomic mass is 9.71. The van der Waals surface area contributed by atoms with Crippen LogP contribution in [-0.4, -0.2) is 42.3 Å². The van der Waals surface area contributed by atoms with E-state index in [0.717, 1.165) is 38.1 Å². The number of ether oxygens (including phenoxy) is 1. The van der Waals surface area contributed by atoms with Crippen LogP contribution in [0.4, 0.5) is 0 Å². The van der Waals surface area contributed by atoms with Gasteiger partial charge in [0.05, 0.1) is 13.2 Å². The molecule has 0 radical (unpaired) electrons. The van der Waals surface area contributed by atoms with Gasteiger partial charge in [0, 0.05) is 24.2 Å². The van der Waals surface area contributed by atoms with Crippen LogP contribution in [0.15, 0.2) is 0 Å². The van der Waals surface area contributed by atoms with Crippen molar-refractivity contribution in [2.24, 2.45) is 17.6 Å². The molecule has 3 nitrogen and oxygen atoms in total. The summed E-state index contributed by atoms with van der Waals surface area (Å²) in [5.41, 5.74) is 6.68. The number of nitrogens with zero attached hydrogens (tertiary/aromatic N) is 1. The maximum atomic E-state index is 6.29. The number of nitrogens with two attached hydrogens (primary N) is 1. The summed E-state index contributed by atoms with van der Waals surface area (Å²) >= 11 is 0. The second-order valence-electron chi connectivity index (χ2n) is 7.64. The quantitative estimate of drug-likeness (QED) is 0.852. The van der Waals surface area contributed by atoms with E-state index in [2.05, 4.69) is 18.7 Å². The van der Waals surface area contributed by atoms with Crippen molar-refractivity contribution in [1.82, 2.24) is 4.90 Å². The molecule has 1 aliphatic heterocycles. The van der Waals surface area contributed by atoms with Crippen molar-refractivity contribution in [3.05, 3.63) is 0 Å². The smallest absolute Gasteiger partial charge is 0.0645 e. The second kappa shape index (κ2) is 5.01. The molecule has 19 heavy (non-hydrogen) atoms. The summed E-state index contributed by atoms with van der Waals surface area (Å²) in [7, 11) is 0. The van der Waals surface area contributed by atoms with Crippen molar-refractivity contribution in [3.8, 4) is 0 Å². The molecule has 0 amide bonds. The van der Waals surface area contributed by atoms with Gasteiger partial charge < -0.3 is 10.5 Å². The van der Waals surface area contributed by atoms with Crippen molar-refractivity contribution >= 4 is 0 Å². The van der Waals surface area contributed by atoms with E-state index in [1.54, 1.807) is 0 Å². The molecule has 2 saturated carbocycles. The summed E-state index contributed by atoms with van der Waals surface area (Å²) in [4.78, 5) is 2.71. The van der Waals surface area contributed by atoms with E-state index in [1.807, 2.05) is 0 Å². The van der Waals surface area contributed by atoms with E-state index in [-0.39, 0.29) is 11.1 Å². The minimum atomic E-state index is 0.142. The second-order valence-corrected chi connectivity index (χ2v) is 7.64. The highest BCUT2D eigenvalue weighted by Crippen LogP contribution is 2.49. The Hall–Kier alpha value is -0.120. The van der Waals surface area contributed by atoms with Gasteiger partial charge in [0.1, 0.15) is 0 Å². The average molecular weight is 266 g/mol. The Kier molecular flexibility index (Phi) is 3.65. The van der Waals surface area contributed by atoms with Crippen LogP contribution in [0.2, 0.25) is 0 Å². The molecule has 1 heterocycles. The van der Waals surface area contributed by atoms with Crippen LogP contribution >= 0.6 is 0 Å². The zero-order valence-corrected chi connectivity index (χ0v) is 12.7. The fraction of sp³-hybridized carbons (Fsp3) is 1.00. The maximum Gasteiger partial charge on any atom is 0.0645 e. The molecular weight excluding hydrogens is 236 g/mol. The molecule has 0 spiro atoms. The lowest BCUT2D eigenvalue weighted by Gasteiger charge is -2.56. The molecule has 2 aliphatic carbocycles. The van der Waals surface area contributed by atoms with Gasteiger partial charge in [0.15, 0.2) is 0 Å². The highest BCUT2D eigenvalue weighted by Gasteiger charge is 2.49. The Morgan fingerprint density at radius 1 is 1.21 bits per heavy atom. The molecule has 0 bridgehead atoms. The third-order valence-electron chi connectivity index (χ3n) is 5.75. The van der Waals surface area contributed by atoms with Crippen molar-refractivity contribution in [1.29, 1.82) is 0 Å². The first-order valence-electron chi connectivity index (χ1n) is 8.13. The van der Waals surface area contributed by atoms with Crippen molar-refractivity contribution < 1.29 is 4.74 Å². The molecule has 2 atom stereocenters. The molecule has 110 valence electrons. The Balaban J connectivity index is 1.80. The molecule has 0 aromatic heterocycles. The van der Waals surface area contributed by atoms with Gasteiger partial charge in [0.25, 0.3) is 0 Å². The van der Waals surface area contributed by atoms with Gasteiger partial charge in [0.2, 0.25) is 0 Å². The van der Waals surface area contributed by atoms with E-state index in [0.29, 0.717) is 0 Å². The van der Waals surface area contributed by atoms with E-state index in [1.165, 1.54) is 38.5 Å². The Morgan fingerprint density at radius 2 is 2.00 bits per heavy atom. The normalized spacial score (nSPS) is 40.3. The molecule has 3 rings (SSSR count). The topological polar surface area (TPSA) is 38.5 Å². The van der Waals surface area contributed by atoms with Crippen molar-refractivity contribution in [2.75, 3.05) is 26.3 Å². The van der Waals surface area contributed by atoms with E-state index >= 15 is 0 Å². The molecule has 2 N–H and O–H groups in total. The minimum absolute atomic E-state index is 0.142. The predicted octanol–water partition coefficient (Wildman–Crippen LogP) is 2.39. The van der Waals surface area contributed by atoms with Gasteiger partial charge >= 0.3 is 0 Å². The number of rotatable bonds is 3. The van der Waals surface area contributed by atoms with Crippen LogP contribution in [0.5, 0.6) is 0 Å². The molecule has 0 aromatic carbocycles. The Morgan fingerprint density at radius 3 is 2.63 bits per heavy atom. The summed E-state index contributed by atoms with van der Waals surface area (Å²) in [6, 6.07) is 0. The zero-order valence-electron chi connectivity index (χ0n) is 12.7. The fourth-order valence-electron chi connectivity index (χ4n) is 4.63. The molecule has 1 saturated heterocycles. The highest BCUT2D eigenvalue weighted by atomic mass is 16.5. The summed E-state index contributed by atoms with van der Waals surface area (Å²) in [5, 5.41) is 0. The van der Waals surface area contributed by atoms with E-state index < -0.39 is 0 Å². The largest absolute Gasteiger partial charge is 0.378 e. The van der Waals surface area contributed by atoms with Crippen molar-refractivity contribution in [2.45, 2.75) is 63.5 Å². The molecule has 0 aromatic rings. The SMILES string of the molecule is CC1(C)COCCN1C1(CN)CCCC(C2CC2)C1. The monoisotopic (exact) mass is 266 g/mol. The van der Waals surface area contributed by atoms with Gasteiger partial charge in [-0.1, -0.05) is 12.8 Å². The summed E-state index contributed by atoms with van der Waals surface area (Å²) in [5.74, 6) is 1.96. The Labute approximate surface area is 117 Å².